The Balaban J connectivity index is 4.38. The first-order valence-electron chi connectivity index (χ1n) is 26.1. The molecule has 0 radical (unpaired) electrons. The van der Waals surface area contributed by atoms with Crippen LogP contribution in [-0.4, -0.2) is 37.2 Å². The van der Waals surface area contributed by atoms with Crippen molar-refractivity contribution < 1.29 is 28.6 Å². The Kier molecular flexibility index (Phi) is 47.9. The van der Waals surface area contributed by atoms with E-state index in [1.165, 1.54) is 141 Å². The topological polar surface area (TPSA) is 78.9 Å². The molecule has 1 atom stereocenters. The van der Waals surface area contributed by atoms with Crippen molar-refractivity contribution in [3.05, 3.63) is 48.6 Å². The summed E-state index contributed by atoms with van der Waals surface area (Å²) in [4.78, 5) is 38.0. The SMILES string of the molecule is CC/C=C\C/C=C\C/C=C\CCCCCCCCC(=O)OCC(COC(=O)CCCCCCCCCCCCCC)OC(=O)CCCCCCCCC/C=C\CCCCCC. The van der Waals surface area contributed by atoms with Gasteiger partial charge >= 0.3 is 17.9 Å². The first kappa shape index (κ1) is 58.4. The standard InChI is InChI=1S/C55H98O6/c1-4-7-10-13-16-19-22-25-27-29-30-33-36-39-42-45-48-54(57)60-51-52(50-59-53(56)47-44-41-38-35-32-24-21-18-15-12-9-6-3)61-55(58)49-46-43-40-37-34-31-28-26-23-20-17-14-11-8-5-2/h7,10,16,19-20,23,25,27,52H,4-6,8-9,11-15,17-18,21-22,24,26,28-51H2,1-3H3/b10-7-,19-16-,23-20-,27-25-. The number of carbonyl (C=O) groups is 3. The largest absolute Gasteiger partial charge is 0.462 e. The molecule has 0 saturated carbocycles. The van der Waals surface area contributed by atoms with Crippen molar-refractivity contribution in [1.82, 2.24) is 0 Å². The van der Waals surface area contributed by atoms with E-state index in [2.05, 4.69) is 69.4 Å². The molecule has 0 aromatic heterocycles. The van der Waals surface area contributed by atoms with Crippen molar-refractivity contribution in [2.24, 2.45) is 0 Å². The van der Waals surface area contributed by atoms with Crippen LogP contribution in [0, 0.1) is 0 Å². The zero-order chi connectivity index (χ0) is 44.4. The fraction of sp³-hybridized carbons (Fsp3) is 0.800. The third-order valence-electron chi connectivity index (χ3n) is 11.3. The predicted molar refractivity (Wildman–Crippen MR) is 261 cm³/mol. The van der Waals surface area contributed by atoms with Gasteiger partial charge in [-0.2, -0.15) is 0 Å². The van der Waals surface area contributed by atoms with Crippen LogP contribution in [-0.2, 0) is 28.6 Å². The second-order valence-corrected chi connectivity index (χ2v) is 17.4. The molecule has 0 heterocycles. The van der Waals surface area contributed by atoms with Crippen molar-refractivity contribution in [2.75, 3.05) is 13.2 Å². The summed E-state index contributed by atoms with van der Waals surface area (Å²) in [5.74, 6) is -0.887. The molecule has 0 spiro atoms. The molecule has 6 heteroatoms. The second kappa shape index (κ2) is 50.0. The van der Waals surface area contributed by atoms with E-state index in [9.17, 15) is 14.4 Å². The molecule has 0 N–H and O–H groups in total. The predicted octanol–water partition coefficient (Wildman–Crippen LogP) is 17.1. The molecule has 1 unspecified atom stereocenters. The first-order chi connectivity index (χ1) is 30.0. The summed E-state index contributed by atoms with van der Waals surface area (Å²) in [5.41, 5.74) is 0. The summed E-state index contributed by atoms with van der Waals surface area (Å²) in [6.07, 6.45) is 59.4. The molecule has 0 rings (SSSR count). The van der Waals surface area contributed by atoms with Gasteiger partial charge < -0.3 is 14.2 Å². The van der Waals surface area contributed by atoms with Crippen molar-refractivity contribution in [2.45, 2.75) is 271 Å². The maximum atomic E-state index is 12.8. The molecule has 0 amide bonds. The molecule has 0 aliphatic heterocycles. The fourth-order valence-corrected chi connectivity index (χ4v) is 7.39. The summed E-state index contributed by atoms with van der Waals surface area (Å²) in [6, 6.07) is 0. The molecule has 0 aliphatic rings. The van der Waals surface area contributed by atoms with E-state index in [1.54, 1.807) is 0 Å². The lowest BCUT2D eigenvalue weighted by Crippen LogP contribution is -2.30. The highest BCUT2D eigenvalue weighted by molar-refractivity contribution is 5.71. The van der Waals surface area contributed by atoms with Crippen molar-refractivity contribution in [3.63, 3.8) is 0 Å². The molecule has 0 aliphatic carbocycles. The van der Waals surface area contributed by atoms with E-state index in [-0.39, 0.29) is 31.1 Å². The molecule has 354 valence electrons. The highest BCUT2D eigenvalue weighted by Gasteiger charge is 2.19. The van der Waals surface area contributed by atoms with Gasteiger partial charge in [0.25, 0.3) is 0 Å². The average Bonchev–Trinajstić information content (AvgIpc) is 3.26. The Hall–Kier alpha value is -2.63. The number of esters is 3. The first-order valence-corrected chi connectivity index (χ1v) is 26.1. The van der Waals surface area contributed by atoms with E-state index in [1.807, 2.05) is 0 Å². The third kappa shape index (κ3) is 48.3. The van der Waals surface area contributed by atoms with E-state index in [0.29, 0.717) is 19.3 Å². The zero-order valence-electron chi connectivity index (χ0n) is 40.4. The van der Waals surface area contributed by atoms with Gasteiger partial charge in [-0.25, -0.2) is 0 Å². The van der Waals surface area contributed by atoms with Crippen LogP contribution >= 0.6 is 0 Å². The van der Waals surface area contributed by atoms with Gasteiger partial charge in [0, 0.05) is 19.3 Å². The second-order valence-electron chi connectivity index (χ2n) is 17.4. The van der Waals surface area contributed by atoms with Gasteiger partial charge in [0.2, 0.25) is 0 Å². The zero-order valence-corrected chi connectivity index (χ0v) is 40.4. The van der Waals surface area contributed by atoms with Crippen LogP contribution in [0.25, 0.3) is 0 Å². The molecular formula is C55H98O6. The van der Waals surface area contributed by atoms with Crippen LogP contribution in [0.2, 0.25) is 0 Å². The lowest BCUT2D eigenvalue weighted by Gasteiger charge is -2.18. The normalized spacial score (nSPS) is 12.4. The molecule has 6 nitrogen and oxygen atoms in total. The minimum Gasteiger partial charge on any atom is -0.462 e. The molecule has 0 fully saturated rings. The van der Waals surface area contributed by atoms with Crippen molar-refractivity contribution in [3.8, 4) is 0 Å². The summed E-state index contributed by atoms with van der Waals surface area (Å²) >= 11 is 0. The van der Waals surface area contributed by atoms with E-state index in [4.69, 9.17) is 14.2 Å². The Morgan fingerprint density at radius 2 is 0.639 bits per heavy atom. The minimum atomic E-state index is -0.777. The van der Waals surface area contributed by atoms with E-state index < -0.39 is 6.10 Å². The van der Waals surface area contributed by atoms with Crippen LogP contribution < -0.4 is 0 Å². The van der Waals surface area contributed by atoms with Crippen molar-refractivity contribution in [1.29, 1.82) is 0 Å². The van der Waals surface area contributed by atoms with Gasteiger partial charge in [-0.3, -0.25) is 14.4 Å². The van der Waals surface area contributed by atoms with Gasteiger partial charge in [-0.15, -0.1) is 0 Å². The Bertz CT molecular complexity index is 1070. The molecule has 0 aromatic rings. The minimum absolute atomic E-state index is 0.0767. The summed E-state index contributed by atoms with van der Waals surface area (Å²) < 4.78 is 16.8. The fourth-order valence-electron chi connectivity index (χ4n) is 7.39. The number of hydrogen-bond donors (Lipinski definition) is 0. The van der Waals surface area contributed by atoms with Gasteiger partial charge in [0.1, 0.15) is 13.2 Å². The maximum Gasteiger partial charge on any atom is 0.306 e. The molecular weight excluding hydrogens is 757 g/mol. The van der Waals surface area contributed by atoms with Crippen molar-refractivity contribution >= 4 is 17.9 Å². The Labute approximate surface area is 378 Å². The summed E-state index contributed by atoms with van der Waals surface area (Å²) in [7, 11) is 0. The number of unbranched alkanes of at least 4 members (excludes halogenated alkanes) is 28. The van der Waals surface area contributed by atoms with Crippen LogP contribution in [0.3, 0.4) is 0 Å². The maximum absolute atomic E-state index is 12.8. The lowest BCUT2D eigenvalue weighted by atomic mass is 10.0. The van der Waals surface area contributed by atoms with Gasteiger partial charge in [0.05, 0.1) is 0 Å². The Morgan fingerprint density at radius 3 is 1.03 bits per heavy atom. The van der Waals surface area contributed by atoms with Gasteiger partial charge in [-0.05, 0) is 77.0 Å². The van der Waals surface area contributed by atoms with Gasteiger partial charge in [-0.1, -0.05) is 217 Å². The van der Waals surface area contributed by atoms with Gasteiger partial charge in [0.15, 0.2) is 6.10 Å². The van der Waals surface area contributed by atoms with Crippen LogP contribution in [0.4, 0.5) is 0 Å². The summed E-state index contributed by atoms with van der Waals surface area (Å²) in [5, 5.41) is 0. The van der Waals surface area contributed by atoms with E-state index >= 15 is 0 Å². The van der Waals surface area contributed by atoms with Crippen LogP contribution in [0.1, 0.15) is 265 Å². The van der Waals surface area contributed by atoms with E-state index in [0.717, 1.165) is 83.5 Å². The lowest BCUT2D eigenvalue weighted by molar-refractivity contribution is -0.167. The van der Waals surface area contributed by atoms with Crippen LogP contribution in [0.15, 0.2) is 48.6 Å². The molecule has 0 bridgehead atoms. The quantitative estimate of drug-likeness (QED) is 0.0263. The summed E-state index contributed by atoms with van der Waals surface area (Å²) in [6.45, 7) is 6.51. The third-order valence-corrected chi connectivity index (χ3v) is 11.3. The number of rotatable bonds is 47. The van der Waals surface area contributed by atoms with Crippen LogP contribution in [0.5, 0.6) is 0 Å². The number of allylic oxidation sites excluding steroid dienone is 8. The monoisotopic (exact) mass is 855 g/mol. The highest BCUT2D eigenvalue weighted by atomic mass is 16.6. The number of ether oxygens (including phenoxy) is 3. The molecule has 61 heavy (non-hydrogen) atoms. The Morgan fingerprint density at radius 1 is 0.344 bits per heavy atom. The molecule has 0 aromatic carbocycles. The highest BCUT2D eigenvalue weighted by Crippen LogP contribution is 2.15. The number of hydrogen-bond acceptors (Lipinski definition) is 6. The smallest absolute Gasteiger partial charge is 0.306 e. The number of carbonyl (C=O) groups excluding carboxylic acids is 3. The molecule has 0 saturated heterocycles. The average molecular weight is 855 g/mol.